The molecule has 0 unspecified atom stereocenters. The standard InChI is InChI=1S/C20H21ClN2O4/c1-26-16-6-4-3-5-13(16)12-22-18(24)20(9-10-20)19(25)23-15-11-14(21)7-8-17(15)27-2/h3-8,11H,9-10,12H2,1-2H3,(H,22,24)(H,23,25). The normalized spacial score (nSPS) is 14.2. The lowest BCUT2D eigenvalue weighted by atomic mass is 10.0. The van der Waals surface area contributed by atoms with Crippen molar-refractivity contribution < 1.29 is 19.1 Å². The topological polar surface area (TPSA) is 76.7 Å². The number of hydrogen-bond donors (Lipinski definition) is 2. The average molecular weight is 389 g/mol. The number of carbonyl (C=O) groups is 2. The van der Waals surface area contributed by atoms with Gasteiger partial charge in [0.1, 0.15) is 16.9 Å². The van der Waals surface area contributed by atoms with E-state index in [1.54, 1.807) is 25.3 Å². The fourth-order valence-corrected chi connectivity index (χ4v) is 3.07. The molecule has 2 amide bonds. The van der Waals surface area contributed by atoms with E-state index in [1.807, 2.05) is 24.3 Å². The molecular formula is C20H21ClN2O4. The maximum absolute atomic E-state index is 12.8. The number of ether oxygens (including phenoxy) is 2. The lowest BCUT2D eigenvalue weighted by molar-refractivity contribution is -0.134. The van der Waals surface area contributed by atoms with Gasteiger partial charge in [0.05, 0.1) is 19.9 Å². The van der Waals surface area contributed by atoms with Crippen LogP contribution in [0, 0.1) is 5.41 Å². The van der Waals surface area contributed by atoms with Crippen LogP contribution in [-0.4, -0.2) is 26.0 Å². The van der Waals surface area contributed by atoms with Crippen LogP contribution in [0.2, 0.25) is 5.02 Å². The Bertz CT molecular complexity index is 865. The maximum atomic E-state index is 12.8. The molecule has 2 aromatic carbocycles. The maximum Gasteiger partial charge on any atom is 0.240 e. The first-order valence-corrected chi connectivity index (χ1v) is 8.93. The molecule has 1 aliphatic rings. The van der Waals surface area contributed by atoms with Gasteiger partial charge in [0, 0.05) is 17.1 Å². The highest BCUT2D eigenvalue weighted by Crippen LogP contribution is 2.47. The summed E-state index contributed by atoms with van der Waals surface area (Å²) in [6.45, 7) is 0.290. The minimum absolute atomic E-state index is 0.290. The summed E-state index contributed by atoms with van der Waals surface area (Å²) in [7, 11) is 3.08. The van der Waals surface area contributed by atoms with Crippen LogP contribution in [0.15, 0.2) is 42.5 Å². The van der Waals surface area contributed by atoms with Crippen molar-refractivity contribution in [1.29, 1.82) is 0 Å². The van der Waals surface area contributed by atoms with Gasteiger partial charge in [-0.25, -0.2) is 0 Å². The van der Waals surface area contributed by atoms with Gasteiger partial charge in [0.2, 0.25) is 11.8 Å². The van der Waals surface area contributed by atoms with Crippen LogP contribution in [0.4, 0.5) is 5.69 Å². The third kappa shape index (κ3) is 4.01. The molecule has 7 heteroatoms. The molecule has 0 radical (unpaired) electrons. The summed E-state index contributed by atoms with van der Waals surface area (Å²) in [6.07, 6.45) is 0.999. The lowest BCUT2D eigenvalue weighted by Gasteiger charge is -2.17. The molecule has 1 fully saturated rings. The highest BCUT2D eigenvalue weighted by atomic mass is 35.5. The first kappa shape index (κ1) is 19.0. The summed E-state index contributed by atoms with van der Waals surface area (Å²) >= 11 is 6.00. The minimum Gasteiger partial charge on any atom is -0.496 e. The third-order valence-electron chi connectivity index (χ3n) is 4.66. The number of anilines is 1. The molecule has 1 saturated carbocycles. The van der Waals surface area contributed by atoms with Crippen LogP contribution >= 0.6 is 11.6 Å². The summed E-state index contributed by atoms with van der Waals surface area (Å²) in [6, 6.07) is 12.4. The van der Waals surface area contributed by atoms with Crippen molar-refractivity contribution in [3.63, 3.8) is 0 Å². The fourth-order valence-electron chi connectivity index (χ4n) is 2.90. The molecule has 27 heavy (non-hydrogen) atoms. The van der Waals surface area contributed by atoms with Gasteiger partial charge in [-0.05, 0) is 37.1 Å². The lowest BCUT2D eigenvalue weighted by Crippen LogP contribution is -2.39. The molecular weight excluding hydrogens is 368 g/mol. The first-order chi connectivity index (χ1) is 13.0. The molecule has 0 spiro atoms. The number of halogens is 1. The molecule has 0 aromatic heterocycles. The molecule has 1 aliphatic carbocycles. The molecule has 2 N–H and O–H groups in total. The average Bonchev–Trinajstić information content (AvgIpc) is 3.48. The van der Waals surface area contributed by atoms with E-state index in [1.165, 1.54) is 7.11 Å². The van der Waals surface area contributed by atoms with E-state index < -0.39 is 5.41 Å². The number of benzene rings is 2. The van der Waals surface area contributed by atoms with Gasteiger partial charge in [-0.3, -0.25) is 9.59 Å². The van der Waals surface area contributed by atoms with Gasteiger partial charge in [-0.1, -0.05) is 29.8 Å². The SMILES string of the molecule is COc1ccccc1CNC(=O)C1(C(=O)Nc2cc(Cl)ccc2OC)CC1. The molecule has 0 heterocycles. The van der Waals surface area contributed by atoms with Gasteiger partial charge in [0.25, 0.3) is 0 Å². The number of carbonyl (C=O) groups excluding carboxylic acids is 2. The zero-order valence-corrected chi connectivity index (χ0v) is 15.9. The highest BCUT2D eigenvalue weighted by Gasteiger charge is 2.56. The van der Waals surface area contributed by atoms with Crippen molar-refractivity contribution in [1.82, 2.24) is 5.32 Å². The van der Waals surface area contributed by atoms with Crippen LogP contribution in [-0.2, 0) is 16.1 Å². The van der Waals surface area contributed by atoms with E-state index in [2.05, 4.69) is 10.6 Å². The molecule has 0 atom stereocenters. The van der Waals surface area contributed by atoms with Crippen molar-refractivity contribution >= 4 is 29.1 Å². The summed E-state index contributed by atoms with van der Waals surface area (Å²) in [5.74, 6) is 0.515. The Morgan fingerprint density at radius 2 is 1.74 bits per heavy atom. The summed E-state index contributed by atoms with van der Waals surface area (Å²) in [5, 5.41) is 6.09. The van der Waals surface area contributed by atoms with Gasteiger partial charge < -0.3 is 20.1 Å². The van der Waals surface area contributed by atoms with E-state index in [0.29, 0.717) is 41.6 Å². The smallest absolute Gasteiger partial charge is 0.240 e. The summed E-state index contributed by atoms with van der Waals surface area (Å²) in [4.78, 5) is 25.4. The van der Waals surface area contributed by atoms with Gasteiger partial charge in [0.15, 0.2) is 0 Å². The van der Waals surface area contributed by atoms with E-state index in [0.717, 1.165) is 5.56 Å². The predicted octanol–water partition coefficient (Wildman–Crippen LogP) is 3.39. The van der Waals surface area contributed by atoms with Crippen molar-refractivity contribution in [3.05, 3.63) is 53.1 Å². The van der Waals surface area contributed by atoms with Crippen LogP contribution in [0.3, 0.4) is 0 Å². The Labute approximate surface area is 162 Å². The van der Waals surface area contributed by atoms with E-state index >= 15 is 0 Å². The monoisotopic (exact) mass is 388 g/mol. The molecule has 0 bridgehead atoms. The van der Waals surface area contributed by atoms with Crippen LogP contribution in [0.1, 0.15) is 18.4 Å². The quantitative estimate of drug-likeness (QED) is 0.713. The first-order valence-electron chi connectivity index (χ1n) is 8.55. The van der Waals surface area contributed by atoms with Crippen molar-refractivity contribution in [2.45, 2.75) is 19.4 Å². The van der Waals surface area contributed by atoms with Gasteiger partial charge in [-0.2, -0.15) is 0 Å². The van der Waals surface area contributed by atoms with Crippen LogP contribution in [0.5, 0.6) is 11.5 Å². The number of rotatable bonds is 7. The van der Waals surface area contributed by atoms with E-state index in [-0.39, 0.29) is 11.8 Å². The van der Waals surface area contributed by atoms with Crippen molar-refractivity contribution in [3.8, 4) is 11.5 Å². The molecule has 0 saturated heterocycles. The second-order valence-corrected chi connectivity index (χ2v) is 6.81. The Kier molecular flexibility index (Phi) is 5.56. The Morgan fingerprint density at radius 1 is 1.04 bits per heavy atom. The van der Waals surface area contributed by atoms with Crippen LogP contribution in [0.25, 0.3) is 0 Å². The van der Waals surface area contributed by atoms with Gasteiger partial charge >= 0.3 is 0 Å². The van der Waals surface area contributed by atoms with Gasteiger partial charge in [-0.15, -0.1) is 0 Å². The minimum atomic E-state index is -1.06. The molecule has 3 rings (SSSR count). The molecule has 2 aromatic rings. The number of hydrogen-bond acceptors (Lipinski definition) is 4. The number of methoxy groups -OCH3 is 2. The van der Waals surface area contributed by atoms with Crippen molar-refractivity contribution in [2.24, 2.45) is 5.41 Å². The summed E-state index contributed by atoms with van der Waals surface area (Å²) < 4.78 is 10.5. The number of para-hydroxylation sites is 1. The zero-order valence-electron chi connectivity index (χ0n) is 15.2. The zero-order chi connectivity index (χ0) is 19.4. The predicted molar refractivity (Wildman–Crippen MR) is 103 cm³/mol. The van der Waals surface area contributed by atoms with Crippen LogP contribution < -0.4 is 20.1 Å². The number of nitrogens with one attached hydrogen (secondary N) is 2. The molecule has 0 aliphatic heterocycles. The summed E-state index contributed by atoms with van der Waals surface area (Å²) in [5.41, 5.74) is 0.231. The second-order valence-electron chi connectivity index (χ2n) is 6.38. The Hall–Kier alpha value is -2.73. The Morgan fingerprint density at radius 3 is 2.41 bits per heavy atom. The van der Waals surface area contributed by atoms with E-state index in [4.69, 9.17) is 21.1 Å². The van der Waals surface area contributed by atoms with Crippen molar-refractivity contribution in [2.75, 3.05) is 19.5 Å². The number of amides is 2. The molecule has 142 valence electrons. The highest BCUT2D eigenvalue weighted by molar-refractivity contribution is 6.31. The largest absolute Gasteiger partial charge is 0.496 e. The second kappa shape index (κ2) is 7.88. The Balaban J connectivity index is 1.68. The fraction of sp³-hybridized carbons (Fsp3) is 0.300. The van der Waals surface area contributed by atoms with E-state index in [9.17, 15) is 9.59 Å². The molecule has 6 nitrogen and oxygen atoms in total. The third-order valence-corrected chi connectivity index (χ3v) is 4.90.